The Morgan fingerprint density at radius 1 is 0.789 bits per heavy atom. The first-order chi connectivity index (χ1) is 18.2. The van der Waals surface area contributed by atoms with Crippen molar-refractivity contribution in [2.24, 2.45) is 17.8 Å². The lowest BCUT2D eigenvalue weighted by Gasteiger charge is -2.31. The summed E-state index contributed by atoms with van der Waals surface area (Å²) in [5.41, 5.74) is 3.26. The second-order valence-corrected chi connectivity index (χ2v) is 10.5. The lowest BCUT2D eigenvalue weighted by molar-refractivity contribution is 0.194. The van der Waals surface area contributed by atoms with Crippen LogP contribution in [0, 0.1) is 17.8 Å². The van der Waals surface area contributed by atoms with Gasteiger partial charge in [0.15, 0.2) is 0 Å². The van der Waals surface area contributed by atoms with E-state index in [1.807, 2.05) is 13.8 Å². The first-order valence-electron chi connectivity index (χ1n) is 15.7. The van der Waals surface area contributed by atoms with Gasteiger partial charge in [-0.15, -0.1) is 0 Å². The number of unbranched alkanes of at least 4 members (excludes halogenated alkanes) is 2. The summed E-state index contributed by atoms with van der Waals surface area (Å²) in [6, 6.07) is 3.24. The number of phenolic OH excluding ortho intramolecular Hbond substituents is 2. The van der Waals surface area contributed by atoms with Crippen LogP contribution in [0.4, 0.5) is 0 Å². The van der Waals surface area contributed by atoms with Gasteiger partial charge in [0.05, 0.1) is 0 Å². The second kappa shape index (κ2) is 28.5. The molecule has 38 heavy (non-hydrogen) atoms. The maximum absolute atomic E-state index is 10.1. The first kappa shape index (κ1) is 41.0. The Kier molecular flexibility index (Phi) is 30.7. The zero-order chi connectivity index (χ0) is 29.9. The Balaban J connectivity index is -0.000000471. The van der Waals surface area contributed by atoms with Gasteiger partial charge in [-0.05, 0) is 48.6 Å². The van der Waals surface area contributed by atoms with Crippen molar-refractivity contribution in [2.45, 2.75) is 145 Å². The van der Waals surface area contributed by atoms with E-state index in [1.54, 1.807) is 23.7 Å². The third-order valence-corrected chi connectivity index (χ3v) is 7.53. The van der Waals surface area contributed by atoms with Crippen molar-refractivity contribution in [2.75, 3.05) is 7.05 Å². The molecule has 2 unspecified atom stereocenters. The summed E-state index contributed by atoms with van der Waals surface area (Å²) in [6.07, 6.45) is 17.2. The van der Waals surface area contributed by atoms with Gasteiger partial charge in [0, 0.05) is 18.2 Å². The summed E-state index contributed by atoms with van der Waals surface area (Å²) in [5.74, 6) is 3.83. The monoisotopic (exact) mass is 538 g/mol. The third-order valence-electron chi connectivity index (χ3n) is 7.53. The Bertz CT molecular complexity index is 623. The Hall–Kier alpha value is -1.52. The lowest BCUT2D eigenvalue weighted by Crippen LogP contribution is -2.21. The smallest absolute Gasteiger partial charge is 0.126 e. The first-order valence-corrected chi connectivity index (χ1v) is 15.7. The van der Waals surface area contributed by atoms with E-state index in [4.69, 9.17) is 5.21 Å². The number of benzene rings is 1. The highest BCUT2D eigenvalue weighted by atomic mass is 16.5. The largest absolute Gasteiger partial charge is 0.508 e. The molecule has 4 heteroatoms. The molecular weight excluding hydrogens is 470 g/mol. The molecule has 2 fully saturated rings. The van der Waals surface area contributed by atoms with Crippen LogP contribution in [0.3, 0.4) is 0 Å². The normalized spacial score (nSPS) is 20.1. The number of phenols is 2. The lowest BCUT2D eigenvalue weighted by atomic mass is 9.75. The average molecular weight is 538 g/mol. The minimum absolute atomic E-state index is 0.216. The summed E-state index contributed by atoms with van der Waals surface area (Å²) < 4.78 is 0. The number of rotatable bonds is 4. The van der Waals surface area contributed by atoms with E-state index >= 15 is 0 Å². The fourth-order valence-corrected chi connectivity index (χ4v) is 4.39. The molecule has 2 saturated carbocycles. The van der Waals surface area contributed by atoms with Gasteiger partial charge >= 0.3 is 0 Å². The highest BCUT2D eigenvalue weighted by Gasteiger charge is 2.23. The van der Waals surface area contributed by atoms with E-state index < -0.39 is 0 Å². The van der Waals surface area contributed by atoms with E-state index in [-0.39, 0.29) is 5.75 Å². The minimum Gasteiger partial charge on any atom is -0.508 e. The molecule has 2 atom stereocenters. The SMILES string of the molecule is C=Cc1cc(O)cc(C2CCCCC2)c1O.CC.CC1CCCC(C)C1C.CCCC.CCCC.CNO. The van der Waals surface area contributed by atoms with Crippen molar-refractivity contribution in [1.29, 1.82) is 0 Å². The predicted octanol–water partition coefficient (Wildman–Crippen LogP) is 11.1. The molecule has 0 saturated heterocycles. The highest BCUT2D eigenvalue weighted by molar-refractivity contribution is 5.61. The van der Waals surface area contributed by atoms with E-state index in [9.17, 15) is 10.2 Å². The summed E-state index contributed by atoms with van der Waals surface area (Å²) in [7, 11) is 1.43. The molecule has 2 aliphatic rings. The van der Waals surface area contributed by atoms with Crippen LogP contribution in [0.25, 0.3) is 6.08 Å². The van der Waals surface area contributed by atoms with Gasteiger partial charge < -0.3 is 15.4 Å². The van der Waals surface area contributed by atoms with Gasteiger partial charge in [0.25, 0.3) is 0 Å². The molecule has 0 aromatic heterocycles. The van der Waals surface area contributed by atoms with Gasteiger partial charge in [-0.25, -0.2) is 5.48 Å². The number of hydroxylamine groups is 1. The van der Waals surface area contributed by atoms with E-state index in [1.165, 1.54) is 71.3 Å². The van der Waals surface area contributed by atoms with Crippen LogP contribution in [0.1, 0.15) is 156 Å². The zero-order valence-corrected chi connectivity index (χ0v) is 27.1. The maximum atomic E-state index is 10.1. The average Bonchev–Trinajstić information content (AvgIpc) is 2.95. The molecule has 0 radical (unpaired) electrons. The molecule has 2 aliphatic carbocycles. The van der Waals surface area contributed by atoms with Gasteiger partial charge in [-0.3, -0.25) is 0 Å². The van der Waals surface area contributed by atoms with Crippen molar-refractivity contribution < 1.29 is 15.4 Å². The Morgan fingerprint density at radius 3 is 1.55 bits per heavy atom. The van der Waals surface area contributed by atoms with Gasteiger partial charge in [0.1, 0.15) is 11.5 Å². The molecule has 0 heterocycles. The zero-order valence-electron chi connectivity index (χ0n) is 27.1. The van der Waals surface area contributed by atoms with Gasteiger partial charge in [-0.2, -0.15) is 0 Å². The van der Waals surface area contributed by atoms with Crippen LogP contribution >= 0.6 is 0 Å². The molecule has 3 rings (SSSR count). The van der Waals surface area contributed by atoms with Crippen molar-refractivity contribution in [1.82, 2.24) is 5.48 Å². The van der Waals surface area contributed by atoms with Crippen molar-refractivity contribution >= 4 is 6.08 Å². The molecular formula is C34H67NO3. The van der Waals surface area contributed by atoms with E-state index in [2.05, 4.69) is 55.0 Å². The summed E-state index contributed by atoms with van der Waals surface area (Å²) in [4.78, 5) is 0. The standard InChI is InChI=1S/C14H18O2.C9H18.2C4H10.C2H6.CH5NO/c1-2-10-8-12(15)9-13(14(10)16)11-6-4-3-5-7-11;1-7-5-4-6-8(2)9(7)3;2*1-3-4-2;1-2;1-2-3/h2,8-9,11,15-16H,1,3-7H2;7-9H,4-6H2,1-3H3;2*3-4H2,1-2H3;1-2H3;2-3H,1H3. The maximum Gasteiger partial charge on any atom is 0.126 e. The summed E-state index contributed by atoms with van der Waals surface area (Å²) >= 11 is 0. The van der Waals surface area contributed by atoms with Crippen LogP contribution in [0.15, 0.2) is 18.7 Å². The van der Waals surface area contributed by atoms with E-state index in [0.29, 0.717) is 17.2 Å². The van der Waals surface area contributed by atoms with Crippen LogP contribution in [-0.4, -0.2) is 22.5 Å². The molecule has 0 bridgehead atoms. The van der Waals surface area contributed by atoms with Gasteiger partial charge in [-0.1, -0.05) is 139 Å². The molecule has 4 nitrogen and oxygen atoms in total. The fourth-order valence-electron chi connectivity index (χ4n) is 4.39. The van der Waals surface area contributed by atoms with Crippen molar-refractivity contribution in [3.05, 3.63) is 29.8 Å². The molecule has 1 aromatic rings. The molecule has 0 aliphatic heterocycles. The number of nitrogens with one attached hydrogen (secondary N) is 1. The molecule has 226 valence electrons. The van der Waals surface area contributed by atoms with Crippen molar-refractivity contribution in [3.8, 4) is 11.5 Å². The summed E-state index contributed by atoms with van der Waals surface area (Å²) in [6.45, 7) is 23.5. The fraction of sp³-hybridized carbons (Fsp3) is 0.765. The second-order valence-electron chi connectivity index (χ2n) is 10.5. The summed E-state index contributed by atoms with van der Waals surface area (Å²) in [5, 5.41) is 27.0. The topological polar surface area (TPSA) is 72.7 Å². The molecule has 0 spiro atoms. The van der Waals surface area contributed by atoms with Crippen LogP contribution in [0.5, 0.6) is 11.5 Å². The Morgan fingerprint density at radius 2 is 1.21 bits per heavy atom. The predicted molar refractivity (Wildman–Crippen MR) is 170 cm³/mol. The Labute approximate surface area is 238 Å². The highest BCUT2D eigenvalue weighted by Crippen LogP contribution is 2.40. The van der Waals surface area contributed by atoms with Crippen LogP contribution < -0.4 is 5.48 Å². The van der Waals surface area contributed by atoms with Gasteiger partial charge in [0.2, 0.25) is 0 Å². The van der Waals surface area contributed by atoms with Crippen LogP contribution in [-0.2, 0) is 0 Å². The number of hydrogen-bond acceptors (Lipinski definition) is 4. The van der Waals surface area contributed by atoms with Crippen LogP contribution in [0.2, 0.25) is 0 Å². The molecule has 1 aromatic carbocycles. The number of hydrogen-bond donors (Lipinski definition) is 4. The number of aromatic hydroxyl groups is 2. The third kappa shape index (κ3) is 19.5. The van der Waals surface area contributed by atoms with Crippen molar-refractivity contribution in [3.63, 3.8) is 0 Å². The molecule has 0 amide bonds. The van der Waals surface area contributed by atoms with E-state index in [0.717, 1.165) is 36.2 Å². The molecule has 4 N–H and O–H groups in total. The minimum atomic E-state index is 0.216. The quantitative estimate of drug-likeness (QED) is 0.228.